The highest BCUT2D eigenvalue weighted by atomic mass is 32.3. The Labute approximate surface area is 441 Å². The summed E-state index contributed by atoms with van der Waals surface area (Å²) < 4.78 is 1.99. The summed E-state index contributed by atoms with van der Waals surface area (Å²) in [6.07, 6.45) is 0. The molecule has 12 aromatic rings. The van der Waals surface area contributed by atoms with E-state index in [9.17, 15) is 0 Å². The summed E-state index contributed by atoms with van der Waals surface area (Å²) in [7, 11) is -3.70. The van der Waals surface area contributed by atoms with Crippen LogP contribution in [0.3, 0.4) is 0 Å². The maximum atomic E-state index is 5.31. The summed E-state index contributed by atoms with van der Waals surface area (Å²) in [6.45, 7) is 0. The molecule has 358 valence electrons. The fraction of sp³-hybridized carbons (Fsp3) is 0. The second-order valence-corrected chi connectivity index (χ2v) is 24.7. The van der Waals surface area contributed by atoms with Crippen molar-refractivity contribution in [2.24, 2.45) is 0 Å². The van der Waals surface area contributed by atoms with E-state index in [2.05, 4.69) is 301 Å². The molecule has 0 saturated carbocycles. The first-order valence-electron chi connectivity index (χ1n) is 25.3. The van der Waals surface area contributed by atoms with Gasteiger partial charge in [-0.05, 0) is 146 Å². The Morgan fingerprint density at radius 3 is 0.907 bits per heavy atom. The maximum Gasteiger partial charge on any atom is 0.182 e. The average molecular weight is 1000 g/mol. The van der Waals surface area contributed by atoms with Gasteiger partial charge in [-0.25, -0.2) is 9.67 Å². The topological polar surface area (TPSA) is 37.2 Å². The first-order chi connectivity index (χ1) is 37.2. The first-order valence-corrected chi connectivity index (χ1v) is 28.6. The third-order valence-electron chi connectivity index (χ3n) is 14.5. The Kier molecular flexibility index (Phi) is 10.9. The Morgan fingerprint density at radius 2 is 0.547 bits per heavy atom. The van der Waals surface area contributed by atoms with Crippen molar-refractivity contribution in [3.8, 4) is 28.5 Å². The fourth-order valence-electron chi connectivity index (χ4n) is 11.3. The van der Waals surface area contributed by atoms with Crippen LogP contribution >= 0.6 is 20.1 Å². The quantitative estimate of drug-likeness (QED) is 0.144. The number of anilines is 6. The largest absolute Gasteiger partial charge is 0.308 e. The minimum atomic E-state index is -1.85. The number of aromatic nitrogens is 3. The minimum absolute atomic E-state index is 0.653. The van der Waals surface area contributed by atoms with Crippen molar-refractivity contribution < 1.29 is 0 Å². The zero-order valence-corrected chi connectivity index (χ0v) is 42.5. The van der Waals surface area contributed by atoms with Crippen molar-refractivity contribution in [2.75, 3.05) is 9.80 Å². The van der Waals surface area contributed by atoms with Crippen LogP contribution in [0.5, 0.6) is 0 Å². The van der Waals surface area contributed by atoms with Crippen LogP contribution in [-0.4, -0.2) is 14.8 Å². The Morgan fingerprint density at radius 1 is 0.253 bits per heavy atom. The zero-order chi connectivity index (χ0) is 49.8. The maximum absolute atomic E-state index is 5.31. The number of benzene rings is 11. The Hall–Kier alpha value is -9.14. The second kappa shape index (κ2) is 18.4. The molecular formula is C68H49N5S2. The fourth-order valence-corrected chi connectivity index (χ4v) is 19.7. The smallest absolute Gasteiger partial charge is 0.182 e. The molecule has 11 aromatic carbocycles. The number of rotatable bonds is 9. The van der Waals surface area contributed by atoms with Crippen LogP contribution in [0, 0.1) is 0 Å². The lowest BCUT2D eigenvalue weighted by atomic mass is 10.1. The van der Waals surface area contributed by atoms with E-state index < -0.39 is 20.1 Å². The van der Waals surface area contributed by atoms with Gasteiger partial charge < -0.3 is 9.80 Å². The molecule has 5 nitrogen and oxygen atoms in total. The predicted octanol–water partition coefficient (Wildman–Crippen LogP) is 18.8. The summed E-state index contributed by atoms with van der Waals surface area (Å²) in [6, 6.07) is 108. The van der Waals surface area contributed by atoms with Crippen molar-refractivity contribution in [3.05, 3.63) is 297 Å². The van der Waals surface area contributed by atoms with Crippen molar-refractivity contribution in [1.29, 1.82) is 0 Å². The lowest BCUT2D eigenvalue weighted by Crippen LogP contribution is -2.21. The van der Waals surface area contributed by atoms with E-state index in [1.54, 1.807) is 0 Å². The molecule has 3 heterocycles. The number of hydrogen-bond acceptors (Lipinski definition) is 4. The molecule has 14 rings (SSSR count). The standard InChI is InChI=1S/C68H49N5S2/c1-6-24-51(25-7-1)68-69-67(50-42-44-52(45-43-50)71-59-34-16-20-38-63(59)74(55-26-8-2-9-27-55,56-28-10-3-11-29-56)64-39-21-17-35-60(64)71)70-73(68)54-48-46-53(47-49-54)72-61-36-18-22-40-65(61)75(57-30-12-4-13-31-57,58-32-14-5-15-33-58)66-41-23-19-37-62(66)72/h1-49H. The summed E-state index contributed by atoms with van der Waals surface area (Å²) in [4.78, 5) is 20.7. The van der Waals surface area contributed by atoms with Crippen LogP contribution in [0.25, 0.3) is 28.5 Å². The van der Waals surface area contributed by atoms with E-state index in [0.717, 1.165) is 34.0 Å². The van der Waals surface area contributed by atoms with Gasteiger partial charge in [0.25, 0.3) is 0 Å². The molecule has 2 aliphatic heterocycles. The van der Waals surface area contributed by atoms with E-state index in [4.69, 9.17) is 10.1 Å². The molecule has 0 saturated heterocycles. The highest BCUT2D eigenvalue weighted by Crippen LogP contribution is 2.81. The van der Waals surface area contributed by atoms with Crippen molar-refractivity contribution in [3.63, 3.8) is 0 Å². The van der Waals surface area contributed by atoms with Gasteiger partial charge in [-0.15, -0.1) is 25.2 Å². The number of nitrogens with zero attached hydrogens (tertiary/aromatic N) is 5. The lowest BCUT2D eigenvalue weighted by Gasteiger charge is -2.49. The van der Waals surface area contributed by atoms with Gasteiger partial charge >= 0.3 is 0 Å². The predicted molar refractivity (Wildman–Crippen MR) is 309 cm³/mol. The van der Waals surface area contributed by atoms with E-state index in [1.165, 1.54) is 61.9 Å². The average Bonchev–Trinajstić information content (AvgIpc) is 3.96. The van der Waals surface area contributed by atoms with Crippen LogP contribution in [0.2, 0.25) is 0 Å². The zero-order valence-electron chi connectivity index (χ0n) is 40.8. The second-order valence-electron chi connectivity index (χ2n) is 18.6. The third-order valence-corrected chi connectivity index (χ3v) is 22.4. The highest BCUT2D eigenvalue weighted by Gasteiger charge is 2.44. The molecule has 0 radical (unpaired) electrons. The van der Waals surface area contributed by atoms with Crippen LogP contribution in [0.15, 0.2) is 336 Å². The van der Waals surface area contributed by atoms with Crippen molar-refractivity contribution in [2.45, 2.75) is 39.2 Å². The minimum Gasteiger partial charge on any atom is -0.308 e. The van der Waals surface area contributed by atoms with E-state index >= 15 is 0 Å². The third kappa shape index (κ3) is 7.04. The lowest BCUT2D eigenvalue weighted by molar-refractivity contribution is 0.890. The SMILES string of the molecule is c1ccc(-c2nc(-c3ccc(N4c5ccccc5S(c5ccccc5)(c5ccccc5)c5ccccc54)cc3)nn2-c2ccc(N3c4ccccc4S(c4ccccc4)(c4ccccc4)c4ccccc43)cc2)cc1. The normalized spacial score (nSPS) is 14.6. The van der Waals surface area contributed by atoms with Gasteiger partial charge in [0, 0.05) is 61.7 Å². The van der Waals surface area contributed by atoms with Gasteiger partial charge in [-0.1, -0.05) is 152 Å². The molecule has 0 aliphatic carbocycles. The summed E-state index contributed by atoms with van der Waals surface area (Å²) in [5.74, 6) is 1.43. The van der Waals surface area contributed by atoms with Crippen LogP contribution in [0.4, 0.5) is 34.1 Å². The van der Waals surface area contributed by atoms with Gasteiger partial charge in [0.05, 0.1) is 28.4 Å². The molecule has 2 aliphatic rings. The van der Waals surface area contributed by atoms with Crippen LogP contribution in [-0.2, 0) is 0 Å². The van der Waals surface area contributed by atoms with Gasteiger partial charge in [0.15, 0.2) is 11.6 Å². The molecule has 0 spiro atoms. The number of hydrogen-bond donors (Lipinski definition) is 0. The van der Waals surface area contributed by atoms with Crippen molar-refractivity contribution in [1.82, 2.24) is 14.8 Å². The van der Waals surface area contributed by atoms with Gasteiger partial charge in [-0.3, -0.25) is 0 Å². The number of fused-ring (bicyclic) bond motifs is 4. The monoisotopic (exact) mass is 999 g/mol. The van der Waals surface area contributed by atoms with Gasteiger partial charge in [0.1, 0.15) is 0 Å². The summed E-state index contributed by atoms with van der Waals surface area (Å²) in [5, 5.41) is 5.31. The molecule has 0 N–H and O–H groups in total. The van der Waals surface area contributed by atoms with Crippen LogP contribution < -0.4 is 9.80 Å². The molecular weight excluding hydrogens is 951 g/mol. The Bertz CT molecular complexity index is 3820. The number of para-hydroxylation sites is 4. The van der Waals surface area contributed by atoms with Crippen LogP contribution in [0.1, 0.15) is 0 Å². The summed E-state index contributed by atoms with van der Waals surface area (Å²) >= 11 is 0. The first kappa shape index (κ1) is 44.6. The van der Waals surface area contributed by atoms with E-state index in [1.807, 2.05) is 10.7 Å². The molecule has 0 amide bonds. The van der Waals surface area contributed by atoms with Crippen molar-refractivity contribution >= 4 is 54.2 Å². The van der Waals surface area contributed by atoms with Gasteiger partial charge in [-0.2, -0.15) is 0 Å². The molecule has 75 heavy (non-hydrogen) atoms. The molecule has 0 bridgehead atoms. The van der Waals surface area contributed by atoms with Gasteiger partial charge in [0.2, 0.25) is 0 Å². The summed E-state index contributed by atoms with van der Waals surface area (Å²) in [5.41, 5.74) is 9.67. The molecule has 0 atom stereocenters. The molecule has 7 heteroatoms. The highest BCUT2D eigenvalue weighted by molar-refractivity contribution is 8.34. The molecule has 0 fully saturated rings. The molecule has 0 unspecified atom stereocenters. The van der Waals surface area contributed by atoms with E-state index in [0.29, 0.717) is 5.82 Å². The molecule has 1 aromatic heterocycles. The van der Waals surface area contributed by atoms with E-state index in [-0.39, 0.29) is 0 Å². The Balaban J connectivity index is 0.852.